The second-order valence-corrected chi connectivity index (χ2v) is 6.17. The van der Waals surface area contributed by atoms with Crippen molar-refractivity contribution in [3.63, 3.8) is 0 Å². The molecule has 2 aromatic heterocycles. The fraction of sp³-hybridized carbons (Fsp3) is 0.333. The van der Waals surface area contributed by atoms with Crippen LogP contribution in [0.1, 0.15) is 30.0 Å². The first-order chi connectivity index (χ1) is 12.7. The van der Waals surface area contributed by atoms with Crippen LogP contribution in [0.5, 0.6) is 11.6 Å². The molecule has 8 heteroatoms. The molecule has 1 aliphatic carbocycles. The van der Waals surface area contributed by atoms with E-state index < -0.39 is 0 Å². The second kappa shape index (κ2) is 6.99. The molecular formula is C18H19N5O3. The normalized spacial score (nSPS) is 16.1. The Hall–Kier alpha value is -3.16. The zero-order chi connectivity index (χ0) is 17.9. The zero-order valence-electron chi connectivity index (χ0n) is 14.4. The van der Waals surface area contributed by atoms with Crippen molar-refractivity contribution in [3.8, 4) is 11.6 Å². The van der Waals surface area contributed by atoms with Gasteiger partial charge in [0.15, 0.2) is 12.3 Å². The first kappa shape index (κ1) is 16.3. The van der Waals surface area contributed by atoms with Crippen LogP contribution in [0.4, 0.5) is 0 Å². The summed E-state index contributed by atoms with van der Waals surface area (Å²) in [6, 6.07) is 9.40. The molecular weight excluding hydrogens is 334 g/mol. The number of benzene rings is 1. The van der Waals surface area contributed by atoms with E-state index in [1.54, 1.807) is 19.2 Å². The van der Waals surface area contributed by atoms with E-state index in [-0.39, 0.29) is 18.6 Å². The Morgan fingerprint density at radius 3 is 3.15 bits per heavy atom. The maximum Gasteiger partial charge on any atom is 0.258 e. The van der Waals surface area contributed by atoms with E-state index in [0.717, 1.165) is 30.6 Å². The van der Waals surface area contributed by atoms with Gasteiger partial charge in [-0.15, -0.1) is 15.3 Å². The van der Waals surface area contributed by atoms with Gasteiger partial charge in [-0.2, -0.15) is 4.52 Å². The molecule has 0 bridgehead atoms. The summed E-state index contributed by atoms with van der Waals surface area (Å²) in [5.41, 5.74) is 2.99. The number of carbonyl (C=O) groups excluding carboxylic acids is 1. The number of rotatable bonds is 5. The predicted octanol–water partition coefficient (Wildman–Crippen LogP) is 1.71. The molecule has 1 amide bonds. The summed E-state index contributed by atoms with van der Waals surface area (Å²) in [6.45, 7) is -0.0946. The Morgan fingerprint density at radius 2 is 2.27 bits per heavy atom. The van der Waals surface area contributed by atoms with Crippen LogP contribution in [-0.2, 0) is 11.2 Å². The summed E-state index contributed by atoms with van der Waals surface area (Å²) < 4.78 is 12.3. The molecule has 0 fully saturated rings. The number of fused-ring (bicyclic) bond motifs is 2. The van der Waals surface area contributed by atoms with E-state index in [1.807, 2.05) is 18.2 Å². The fourth-order valence-corrected chi connectivity index (χ4v) is 3.23. The quantitative estimate of drug-likeness (QED) is 0.751. The van der Waals surface area contributed by atoms with Gasteiger partial charge in [0.25, 0.3) is 5.91 Å². The number of amides is 1. The van der Waals surface area contributed by atoms with Gasteiger partial charge in [-0.3, -0.25) is 4.79 Å². The van der Waals surface area contributed by atoms with Crippen molar-refractivity contribution >= 4 is 11.6 Å². The van der Waals surface area contributed by atoms with Crippen LogP contribution in [-0.4, -0.2) is 39.4 Å². The number of hydrogen-bond donors (Lipinski definition) is 1. The number of carbonyl (C=O) groups is 1. The van der Waals surface area contributed by atoms with Gasteiger partial charge in [0, 0.05) is 6.07 Å². The van der Waals surface area contributed by atoms with Crippen molar-refractivity contribution in [2.45, 2.75) is 25.3 Å². The third kappa shape index (κ3) is 3.30. The second-order valence-electron chi connectivity index (χ2n) is 6.17. The van der Waals surface area contributed by atoms with Crippen LogP contribution in [0.25, 0.3) is 5.65 Å². The SMILES string of the molecule is COc1ccc2c(c1)CCC[C@H]2NC(=O)COc1ccc2nncn2n1. The van der Waals surface area contributed by atoms with Gasteiger partial charge in [0.2, 0.25) is 5.88 Å². The molecule has 0 saturated heterocycles. The number of aromatic nitrogens is 4. The lowest BCUT2D eigenvalue weighted by Gasteiger charge is -2.26. The lowest BCUT2D eigenvalue weighted by molar-refractivity contribution is -0.124. The van der Waals surface area contributed by atoms with Gasteiger partial charge >= 0.3 is 0 Å². The van der Waals surface area contributed by atoms with E-state index in [2.05, 4.69) is 20.6 Å². The highest BCUT2D eigenvalue weighted by molar-refractivity contribution is 5.78. The maximum absolute atomic E-state index is 12.3. The number of nitrogens with one attached hydrogen (secondary N) is 1. The largest absolute Gasteiger partial charge is 0.497 e. The van der Waals surface area contributed by atoms with Crippen LogP contribution in [0.15, 0.2) is 36.7 Å². The molecule has 0 radical (unpaired) electrons. The standard InChI is InChI=1S/C18H19N5O3/c1-25-13-5-6-14-12(9-13)3-2-4-15(14)20-17(24)10-26-18-8-7-16-21-19-11-23(16)22-18/h5-9,11,15H,2-4,10H2,1H3,(H,20,24)/t15-/m1/s1. The molecule has 26 heavy (non-hydrogen) atoms. The minimum absolute atomic E-state index is 0.00551. The Labute approximate surface area is 150 Å². The van der Waals surface area contributed by atoms with E-state index >= 15 is 0 Å². The Balaban J connectivity index is 1.39. The molecule has 1 aliphatic rings. The molecule has 1 N–H and O–H groups in total. The topological polar surface area (TPSA) is 90.6 Å². The van der Waals surface area contributed by atoms with Gasteiger partial charge in [0.05, 0.1) is 13.2 Å². The molecule has 3 aromatic rings. The predicted molar refractivity (Wildman–Crippen MR) is 93.1 cm³/mol. The maximum atomic E-state index is 12.3. The molecule has 4 rings (SSSR count). The van der Waals surface area contributed by atoms with E-state index in [1.165, 1.54) is 16.4 Å². The highest BCUT2D eigenvalue weighted by atomic mass is 16.5. The van der Waals surface area contributed by atoms with E-state index in [4.69, 9.17) is 9.47 Å². The monoisotopic (exact) mass is 353 g/mol. The molecule has 134 valence electrons. The van der Waals surface area contributed by atoms with Gasteiger partial charge in [0.1, 0.15) is 12.1 Å². The minimum atomic E-state index is -0.177. The molecule has 0 spiro atoms. The van der Waals surface area contributed by atoms with E-state index in [9.17, 15) is 4.79 Å². The van der Waals surface area contributed by atoms with Gasteiger partial charge < -0.3 is 14.8 Å². The summed E-state index contributed by atoms with van der Waals surface area (Å²) in [4.78, 5) is 12.3. The van der Waals surface area contributed by atoms with Gasteiger partial charge in [-0.05, 0) is 48.6 Å². The summed E-state index contributed by atoms with van der Waals surface area (Å²) in [6.07, 6.45) is 4.42. The zero-order valence-corrected chi connectivity index (χ0v) is 14.4. The third-order valence-electron chi connectivity index (χ3n) is 4.49. The van der Waals surface area contributed by atoms with Crippen LogP contribution >= 0.6 is 0 Å². The molecule has 0 aliphatic heterocycles. The minimum Gasteiger partial charge on any atom is -0.497 e. The number of methoxy groups -OCH3 is 1. The number of aryl methyl sites for hydroxylation is 1. The Morgan fingerprint density at radius 1 is 1.35 bits per heavy atom. The van der Waals surface area contributed by atoms with E-state index in [0.29, 0.717) is 11.5 Å². The highest BCUT2D eigenvalue weighted by Crippen LogP contribution is 2.32. The molecule has 8 nitrogen and oxygen atoms in total. The Kier molecular flexibility index (Phi) is 4.39. The number of nitrogens with zero attached hydrogens (tertiary/aromatic N) is 4. The first-order valence-electron chi connectivity index (χ1n) is 8.49. The number of ether oxygens (including phenoxy) is 2. The number of hydrogen-bond acceptors (Lipinski definition) is 6. The van der Waals surface area contributed by atoms with Crippen molar-refractivity contribution in [1.29, 1.82) is 0 Å². The smallest absolute Gasteiger partial charge is 0.258 e. The van der Waals surface area contributed by atoms with Crippen LogP contribution < -0.4 is 14.8 Å². The summed E-state index contributed by atoms with van der Waals surface area (Å²) in [5.74, 6) is 1.01. The molecule has 0 unspecified atom stereocenters. The molecule has 1 aromatic carbocycles. The summed E-state index contributed by atoms with van der Waals surface area (Å²) in [5, 5.41) is 14.9. The lowest BCUT2D eigenvalue weighted by atomic mass is 9.87. The van der Waals surface area contributed by atoms with Crippen LogP contribution in [0.2, 0.25) is 0 Å². The molecule has 0 saturated carbocycles. The van der Waals surface area contributed by atoms with Crippen molar-refractivity contribution in [2.75, 3.05) is 13.7 Å². The van der Waals surface area contributed by atoms with Gasteiger partial charge in [-0.1, -0.05) is 6.07 Å². The van der Waals surface area contributed by atoms with Crippen LogP contribution in [0, 0.1) is 0 Å². The highest BCUT2D eigenvalue weighted by Gasteiger charge is 2.22. The average molecular weight is 353 g/mol. The van der Waals surface area contributed by atoms with Crippen molar-refractivity contribution in [1.82, 2.24) is 25.1 Å². The third-order valence-corrected chi connectivity index (χ3v) is 4.49. The van der Waals surface area contributed by atoms with Crippen molar-refractivity contribution in [3.05, 3.63) is 47.8 Å². The average Bonchev–Trinajstić information content (AvgIpc) is 3.14. The summed E-state index contributed by atoms with van der Waals surface area (Å²) >= 11 is 0. The fourth-order valence-electron chi connectivity index (χ4n) is 3.23. The molecule has 2 heterocycles. The lowest BCUT2D eigenvalue weighted by Crippen LogP contribution is -2.34. The van der Waals surface area contributed by atoms with Gasteiger partial charge in [-0.25, -0.2) is 0 Å². The summed E-state index contributed by atoms with van der Waals surface area (Å²) in [7, 11) is 1.66. The first-order valence-corrected chi connectivity index (χ1v) is 8.49. The molecule has 1 atom stereocenters. The van der Waals surface area contributed by atoms with Crippen molar-refractivity contribution < 1.29 is 14.3 Å². The Bertz CT molecular complexity index is 939. The van der Waals surface area contributed by atoms with Crippen molar-refractivity contribution in [2.24, 2.45) is 0 Å². The van der Waals surface area contributed by atoms with Crippen LogP contribution in [0.3, 0.4) is 0 Å².